The average molecular weight is 380 g/mol. The van der Waals surface area contributed by atoms with Crippen molar-refractivity contribution in [1.29, 1.82) is 0 Å². The van der Waals surface area contributed by atoms with Crippen molar-refractivity contribution in [3.63, 3.8) is 0 Å². The standard InChI is InChI=1S/C20H24N6O2/c1-13(2)26-18(23-24(3)20(26)28)14-7-6-10-25(12-14)19(27)17-11-21-15-8-4-5-9-16(15)22-17/h4-5,8-9,11,13-14H,6-7,10,12H2,1-3H3. The topological polar surface area (TPSA) is 85.9 Å². The summed E-state index contributed by atoms with van der Waals surface area (Å²) in [6.45, 7) is 5.14. The molecule has 28 heavy (non-hydrogen) atoms. The third-order valence-electron chi connectivity index (χ3n) is 5.24. The van der Waals surface area contributed by atoms with Crippen LogP contribution >= 0.6 is 0 Å². The molecule has 1 unspecified atom stereocenters. The summed E-state index contributed by atoms with van der Waals surface area (Å²) in [7, 11) is 1.67. The zero-order chi connectivity index (χ0) is 19.8. The molecule has 1 saturated heterocycles. The third-order valence-corrected chi connectivity index (χ3v) is 5.24. The Bertz CT molecular complexity index is 1080. The van der Waals surface area contributed by atoms with E-state index in [-0.39, 0.29) is 23.6 Å². The van der Waals surface area contributed by atoms with E-state index >= 15 is 0 Å². The fourth-order valence-electron chi connectivity index (χ4n) is 3.86. The summed E-state index contributed by atoms with van der Waals surface area (Å²) in [5.41, 5.74) is 1.71. The number of nitrogens with zero attached hydrogens (tertiary/aromatic N) is 6. The molecular weight excluding hydrogens is 356 g/mol. The molecule has 1 aliphatic rings. The molecule has 0 radical (unpaired) electrons. The van der Waals surface area contributed by atoms with Crippen molar-refractivity contribution >= 4 is 16.9 Å². The number of piperidine rings is 1. The van der Waals surface area contributed by atoms with Gasteiger partial charge in [-0.3, -0.25) is 14.3 Å². The van der Waals surface area contributed by atoms with Crippen LogP contribution in [0.25, 0.3) is 11.0 Å². The van der Waals surface area contributed by atoms with Crippen LogP contribution in [0.1, 0.15) is 55.0 Å². The van der Waals surface area contributed by atoms with Crippen molar-refractivity contribution in [1.82, 2.24) is 29.2 Å². The summed E-state index contributed by atoms with van der Waals surface area (Å²) in [6, 6.07) is 7.53. The molecule has 0 spiro atoms. The average Bonchev–Trinajstić information content (AvgIpc) is 3.02. The number of aromatic nitrogens is 5. The third kappa shape index (κ3) is 3.19. The molecule has 8 nitrogen and oxygen atoms in total. The van der Waals surface area contributed by atoms with Crippen LogP contribution in [0.15, 0.2) is 35.3 Å². The van der Waals surface area contributed by atoms with E-state index in [1.807, 2.05) is 38.1 Å². The van der Waals surface area contributed by atoms with E-state index in [4.69, 9.17) is 0 Å². The first kappa shape index (κ1) is 18.3. The zero-order valence-electron chi connectivity index (χ0n) is 16.4. The number of hydrogen-bond donors (Lipinski definition) is 0. The Morgan fingerprint density at radius 2 is 1.96 bits per heavy atom. The molecule has 1 amide bonds. The molecule has 1 fully saturated rings. The molecule has 3 aromatic rings. The molecule has 0 bridgehead atoms. The number of aryl methyl sites for hydroxylation is 1. The van der Waals surface area contributed by atoms with Gasteiger partial charge in [-0.15, -0.1) is 0 Å². The summed E-state index contributed by atoms with van der Waals surface area (Å²) in [5, 5.41) is 4.46. The van der Waals surface area contributed by atoms with Crippen molar-refractivity contribution in [2.45, 2.75) is 38.6 Å². The minimum absolute atomic E-state index is 0.0219. The number of para-hydroxylation sites is 2. The molecule has 0 aliphatic carbocycles. The molecule has 4 rings (SSSR count). The van der Waals surface area contributed by atoms with Crippen LogP contribution in [0, 0.1) is 0 Å². The number of benzene rings is 1. The van der Waals surface area contributed by atoms with E-state index in [1.54, 1.807) is 22.7 Å². The predicted molar refractivity (Wildman–Crippen MR) is 105 cm³/mol. The molecule has 2 aromatic heterocycles. The molecule has 1 atom stereocenters. The Morgan fingerprint density at radius 3 is 2.71 bits per heavy atom. The van der Waals surface area contributed by atoms with Crippen LogP contribution in [0.3, 0.4) is 0 Å². The Balaban J connectivity index is 1.61. The Hall–Kier alpha value is -3.03. The van der Waals surface area contributed by atoms with Gasteiger partial charge in [0.15, 0.2) is 0 Å². The van der Waals surface area contributed by atoms with Gasteiger partial charge in [0, 0.05) is 32.1 Å². The Kier molecular flexibility index (Phi) is 4.70. The first-order valence-corrected chi connectivity index (χ1v) is 9.62. The van der Waals surface area contributed by atoms with Gasteiger partial charge in [0.25, 0.3) is 5.91 Å². The van der Waals surface area contributed by atoms with E-state index in [1.165, 1.54) is 4.68 Å². The highest BCUT2D eigenvalue weighted by atomic mass is 16.2. The lowest BCUT2D eigenvalue weighted by Gasteiger charge is -2.32. The zero-order valence-corrected chi connectivity index (χ0v) is 16.4. The number of amides is 1. The van der Waals surface area contributed by atoms with Crippen LogP contribution in [0.2, 0.25) is 0 Å². The number of likely N-dealkylation sites (tertiary alicyclic amines) is 1. The Labute approximate surface area is 162 Å². The van der Waals surface area contributed by atoms with Crippen LogP contribution in [0.5, 0.6) is 0 Å². The number of carbonyl (C=O) groups is 1. The number of rotatable bonds is 3. The lowest BCUT2D eigenvalue weighted by molar-refractivity contribution is 0.0696. The maximum absolute atomic E-state index is 13.0. The lowest BCUT2D eigenvalue weighted by atomic mass is 9.96. The first-order valence-electron chi connectivity index (χ1n) is 9.62. The number of fused-ring (bicyclic) bond motifs is 1. The molecule has 8 heteroatoms. The van der Waals surface area contributed by atoms with Crippen molar-refractivity contribution < 1.29 is 4.79 Å². The minimum Gasteiger partial charge on any atom is -0.337 e. The molecule has 1 aromatic carbocycles. The first-order chi connectivity index (χ1) is 13.5. The van der Waals surface area contributed by atoms with Crippen LogP contribution < -0.4 is 5.69 Å². The highest BCUT2D eigenvalue weighted by Crippen LogP contribution is 2.27. The molecule has 0 saturated carbocycles. The van der Waals surface area contributed by atoms with E-state index in [2.05, 4.69) is 15.1 Å². The van der Waals surface area contributed by atoms with Gasteiger partial charge in [-0.2, -0.15) is 5.10 Å². The normalized spacial score (nSPS) is 17.4. The fourth-order valence-corrected chi connectivity index (χ4v) is 3.86. The lowest BCUT2D eigenvalue weighted by Crippen LogP contribution is -2.40. The SMILES string of the molecule is CC(C)n1c(C2CCCN(C(=O)c3cnc4ccccc4n3)C2)nn(C)c1=O. The molecular formula is C20H24N6O2. The number of carbonyl (C=O) groups excluding carboxylic acids is 1. The molecule has 146 valence electrons. The second-order valence-corrected chi connectivity index (χ2v) is 7.56. The van der Waals surface area contributed by atoms with E-state index in [0.717, 1.165) is 24.2 Å². The van der Waals surface area contributed by atoms with Gasteiger partial charge in [0.1, 0.15) is 11.5 Å². The van der Waals surface area contributed by atoms with Crippen LogP contribution in [-0.4, -0.2) is 48.2 Å². The second kappa shape index (κ2) is 7.18. The van der Waals surface area contributed by atoms with Crippen LogP contribution in [-0.2, 0) is 7.05 Å². The predicted octanol–water partition coefficient (Wildman–Crippen LogP) is 2.13. The van der Waals surface area contributed by atoms with E-state index in [0.29, 0.717) is 24.3 Å². The summed E-state index contributed by atoms with van der Waals surface area (Å²) in [4.78, 5) is 36.1. The Morgan fingerprint density at radius 1 is 1.21 bits per heavy atom. The summed E-state index contributed by atoms with van der Waals surface area (Å²) < 4.78 is 3.11. The van der Waals surface area contributed by atoms with Gasteiger partial charge in [-0.05, 0) is 38.8 Å². The van der Waals surface area contributed by atoms with Gasteiger partial charge in [-0.25, -0.2) is 14.5 Å². The summed E-state index contributed by atoms with van der Waals surface area (Å²) >= 11 is 0. The van der Waals surface area contributed by atoms with Gasteiger partial charge >= 0.3 is 5.69 Å². The quantitative estimate of drug-likeness (QED) is 0.695. The van der Waals surface area contributed by atoms with Gasteiger partial charge in [-0.1, -0.05) is 12.1 Å². The van der Waals surface area contributed by atoms with Gasteiger partial charge < -0.3 is 4.90 Å². The maximum Gasteiger partial charge on any atom is 0.345 e. The number of hydrogen-bond acceptors (Lipinski definition) is 5. The van der Waals surface area contributed by atoms with Crippen molar-refractivity contribution in [2.75, 3.05) is 13.1 Å². The highest BCUT2D eigenvalue weighted by Gasteiger charge is 2.30. The highest BCUT2D eigenvalue weighted by molar-refractivity contribution is 5.93. The van der Waals surface area contributed by atoms with Crippen molar-refractivity contribution in [3.8, 4) is 0 Å². The van der Waals surface area contributed by atoms with Crippen LogP contribution in [0.4, 0.5) is 0 Å². The second-order valence-electron chi connectivity index (χ2n) is 7.56. The molecule has 0 N–H and O–H groups in total. The largest absolute Gasteiger partial charge is 0.345 e. The maximum atomic E-state index is 13.0. The van der Waals surface area contributed by atoms with E-state index in [9.17, 15) is 9.59 Å². The van der Waals surface area contributed by atoms with Gasteiger partial charge in [0.2, 0.25) is 0 Å². The van der Waals surface area contributed by atoms with Crippen molar-refractivity contribution in [3.05, 3.63) is 52.5 Å². The monoisotopic (exact) mass is 380 g/mol. The fraction of sp³-hybridized carbons (Fsp3) is 0.450. The minimum atomic E-state index is -0.127. The van der Waals surface area contributed by atoms with E-state index < -0.39 is 0 Å². The summed E-state index contributed by atoms with van der Waals surface area (Å²) in [6.07, 6.45) is 3.30. The van der Waals surface area contributed by atoms with Gasteiger partial charge in [0.05, 0.1) is 17.2 Å². The molecule has 1 aliphatic heterocycles. The smallest absolute Gasteiger partial charge is 0.337 e. The summed E-state index contributed by atoms with van der Waals surface area (Å²) in [5.74, 6) is 0.657. The van der Waals surface area contributed by atoms with Crippen molar-refractivity contribution in [2.24, 2.45) is 7.05 Å². The molecule has 3 heterocycles.